The van der Waals surface area contributed by atoms with Crippen LogP contribution in [0.15, 0.2) is 36.4 Å². The highest BCUT2D eigenvalue weighted by Gasteiger charge is 2.34. The first-order chi connectivity index (χ1) is 11.5. The molecule has 0 fully saturated rings. The van der Waals surface area contributed by atoms with Crippen LogP contribution in [0.25, 0.3) is 11.1 Å². The van der Waals surface area contributed by atoms with Gasteiger partial charge in [-0.3, -0.25) is 0 Å². The molecular formula is C17H15F6NO. The smallest absolute Gasteiger partial charge is 0.422 e. The molecule has 0 radical (unpaired) electrons. The summed E-state index contributed by atoms with van der Waals surface area (Å²) in [5.74, 6) is -0.288. The van der Waals surface area contributed by atoms with Crippen molar-refractivity contribution in [2.24, 2.45) is 0 Å². The normalized spacial score (nSPS) is 12.3. The summed E-state index contributed by atoms with van der Waals surface area (Å²) in [6, 6.07) is 7.36. The molecule has 0 unspecified atom stereocenters. The highest BCUT2D eigenvalue weighted by molar-refractivity contribution is 5.75. The summed E-state index contributed by atoms with van der Waals surface area (Å²) >= 11 is 0. The van der Waals surface area contributed by atoms with Crippen molar-refractivity contribution in [3.63, 3.8) is 0 Å². The first-order valence-electron chi connectivity index (χ1n) is 7.31. The average Bonchev–Trinajstić information content (AvgIpc) is 2.52. The van der Waals surface area contributed by atoms with Gasteiger partial charge in [-0.15, -0.1) is 0 Å². The summed E-state index contributed by atoms with van der Waals surface area (Å²) < 4.78 is 81.4. The van der Waals surface area contributed by atoms with Crippen molar-refractivity contribution in [3.05, 3.63) is 47.5 Å². The molecule has 2 rings (SSSR count). The van der Waals surface area contributed by atoms with E-state index in [1.807, 2.05) is 0 Å². The van der Waals surface area contributed by atoms with Gasteiger partial charge in [0.1, 0.15) is 5.75 Å². The number of benzene rings is 2. The van der Waals surface area contributed by atoms with Gasteiger partial charge in [-0.25, -0.2) is 0 Å². The molecule has 0 aliphatic heterocycles. The molecule has 0 aliphatic rings. The number of hydrogen-bond donors (Lipinski definition) is 1. The van der Waals surface area contributed by atoms with Crippen molar-refractivity contribution < 1.29 is 31.1 Å². The Morgan fingerprint density at radius 1 is 1.00 bits per heavy atom. The van der Waals surface area contributed by atoms with Gasteiger partial charge in [-0.05, 0) is 41.3 Å². The Hall–Kier alpha value is -2.38. The molecule has 0 saturated carbocycles. The van der Waals surface area contributed by atoms with Crippen molar-refractivity contribution >= 4 is 5.69 Å². The summed E-state index contributed by atoms with van der Waals surface area (Å²) in [4.78, 5) is 0. The van der Waals surface area contributed by atoms with Crippen LogP contribution in [0.5, 0.6) is 5.75 Å². The largest absolute Gasteiger partial charge is 0.482 e. The van der Waals surface area contributed by atoms with Crippen LogP contribution in [0.2, 0.25) is 0 Å². The predicted octanol–water partition coefficient (Wildman–Crippen LogP) is 5.46. The SMILES string of the molecule is CCc1cc(-c2ccccc2C(F)(F)F)cc(OCC(F)(F)F)c1N. The first kappa shape index (κ1) is 19.0. The fourth-order valence-corrected chi connectivity index (χ4v) is 2.39. The molecule has 0 amide bonds. The fourth-order valence-electron chi connectivity index (χ4n) is 2.39. The van der Waals surface area contributed by atoms with E-state index in [9.17, 15) is 26.3 Å². The second kappa shape index (κ2) is 6.85. The van der Waals surface area contributed by atoms with E-state index < -0.39 is 24.5 Å². The Morgan fingerprint density at radius 3 is 2.20 bits per heavy atom. The van der Waals surface area contributed by atoms with Gasteiger partial charge in [0.15, 0.2) is 6.61 Å². The van der Waals surface area contributed by atoms with Crippen LogP contribution < -0.4 is 10.5 Å². The molecule has 0 heterocycles. The van der Waals surface area contributed by atoms with Crippen molar-refractivity contribution in [1.29, 1.82) is 0 Å². The zero-order valence-electron chi connectivity index (χ0n) is 13.1. The Morgan fingerprint density at radius 2 is 1.64 bits per heavy atom. The molecule has 2 nitrogen and oxygen atoms in total. The van der Waals surface area contributed by atoms with Gasteiger partial charge in [0.05, 0.1) is 11.3 Å². The van der Waals surface area contributed by atoms with E-state index in [0.29, 0.717) is 12.0 Å². The molecular weight excluding hydrogens is 348 g/mol. The van der Waals surface area contributed by atoms with E-state index >= 15 is 0 Å². The van der Waals surface area contributed by atoms with Crippen LogP contribution >= 0.6 is 0 Å². The van der Waals surface area contributed by atoms with Crippen LogP contribution in [0, 0.1) is 0 Å². The van der Waals surface area contributed by atoms with Gasteiger partial charge in [0.2, 0.25) is 0 Å². The maximum absolute atomic E-state index is 13.2. The van der Waals surface area contributed by atoms with Gasteiger partial charge in [-0.1, -0.05) is 25.1 Å². The molecule has 8 heteroatoms. The Bertz CT molecular complexity index is 752. The van der Waals surface area contributed by atoms with E-state index in [0.717, 1.165) is 12.1 Å². The lowest BCUT2D eigenvalue weighted by Gasteiger charge is -2.18. The second-order valence-corrected chi connectivity index (χ2v) is 5.35. The minimum atomic E-state index is -4.60. The molecule has 136 valence electrons. The zero-order chi connectivity index (χ0) is 18.8. The highest BCUT2D eigenvalue weighted by Crippen LogP contribution is 2.40. The van der Waals surface area contributed by atoms with Gasteiger partial charge in [-0.2, -0.15) is 26.3 Å². The van der Waals surface area contributed by atoms with Crippen molar-refractivity contribution in [2.75, 3.05) is 12.3 Å². The number of nitrogens with two attached hydrogens (primary N) is 1. The first-order valence-corrected chi connectivity index (χ1v) is 7.31. The third-order valence-corrected chi connectivity index (χ3v) is 3.54. The summed E-state index contributed by atoms with van der Waals surface area (Å²) in [5, 5.41) is 0. The molecule has 2 aromatic carbocycles. The minimum absolute atomic E-state index is 0.0139. The molecule has 0 aliphatic carbocycles. The van der Waals surface area contributed by atoms with E-state index in [2.05, 4.69) is 0 Å². The summed E-state index contributed by atoms with van der Waals surface area (Å²) in [6.45, 7) is 0.114. The number of nitrogen functional groups attached to an aromatic ring is 1. The monoisotopic (exact) mass is 363 g/mol. The standard InChI is InChI=1S/C17H15F6NO/c1-2-10-7-11(8-14(15(10)24)25-9-16(18,19)20)12-5-3-4-6-13(12)17(21,22)23/h3-8H,2,9,24H2,1H3. The van der Waals surface area contributed by atoms with Crippen molar-refractivity contribution in [3.8, 4) is 16.9 Å². The van der Waals surface area contributed by atoms with E-state index in [-0.39, 0.29) is 22.6 Å². The zero-order valence-corrected chi connectivity index (χ0v) is 13.1. The van der Waals surface area contributed by atoms with E-state index in [1.165, 1.54) is 24.3 Å². The van der Waals surface area contributed by atoms with Crippen LogP contribution in [-0.4, -0.2) is 12.8 Å². The maximum Gasteiger partial charge on any atom is 0.422 e. The molecule has 0 bridgehead atoms. The van der Waals surface area contributed by atoms with Gasteiger partial charge < -0.3 is 10.5 Å². The highest BCUT2D eigenvalue weighted by atomic mass is 19.4. The number of rotatable bonds is 4. The molecule has 25 heavy (non-hydrogen) atoms. The summed E-state index contributed by atoms with van der Waals surface area (Å²) in [6.07, 6.45) is -8.85. The maximum atomic E-state index is 13.2. The lowest BCUT2D eigenvalue weighted by atomic mass is 9.96. The number of anilines is 1. The number of aryl methyl sites for hydroxylation is 1. The Kier molecular flexibility index (Phi) is 5.20. The number of hydrogen-bond acceptors (Lipinski definition) is 2. The van der Waals surface area contributed by atoms with Gasteiger partial charge in [0.25, 0.3) is 0 Å². The fraction of sp³-hybridized carbons (Fsp3) is 0.294. The van der Waals surface area contributed by atoms with Crippen LogP contribution in [0.3, 0.4) is 0 Å². The molecule has 0 aromatic heterocycles. The Balaban J connectivity index is 2.56. The van der Waals surface area contributed by atoms with Crippen molar-refractivity contribution in [1.82, 2.24) is 0 Å². The average molecular weight is 363 g/mol. The quantitative estimate of drug-likeness (QED) is 0.578. The third-order valence-electron chi connectivity index (χ3n) is 3.54. The van der Waals surface area contributed by atoms with Crippen LogP contribution in [0.1, 0.15) is 18.1 Å². The number of halogens is 6. The van der Waals surface area contributed by atoms with Crippen LogP contribution in [-0.2, 0) is 12.6 Å². The molecule has 0 atom stereocenters. The van der Waals surface area contributed by atoms with E-state index in [1.54, 1.807) is 6.92 Å². The number of ether oxygens (including phenoxy) is 1. The van der Waals surface area contributed by atoms with E-state index in [4.69, 9.17) is 10.5 Å². The minimum Gasteiger partial charge on any atom is -0.482 e. The lowest BCUT2D eigenvalue weighted by molar-refractivity contribution is -0.153. The number of alkyl halides is 6. The third kappa shape index (κ3) is 4.58. The Labute approximate surface area is 140 Å². The topological polar surface area (TPSA) is 35.2 Å². The lowest BCUT2D eigenvalue weighted by Crippen LogP contribution is -2.20. The molecule has 0 saturated heterocycles. The summed E-state index contributed by atoms with van der Waals surface area (Å²) in [7, 11) is 0. The van der Waals surface area contributed by atoms with Crippen molar-refractivity contribution in [2.45, 2.75) is 25.7 Å². The summed E-state index contributed by atoms with van der Waals surface area (Å²) in [5.41, 5.74) is 5.23. The predicted molar refractivity (Wildman–Crippen MR) is 82.2 cm³/mol. The van der Waals surface area contributed by atoms with Gasteiger partial charge >= 0.3 is 12.4 Å². The molecule has 2 aromatic rings. The van der Waals surface area contributed by atoms with Gasteiger partial charge in [0, 0.05) is 0 Å². The molecule has 0 spiro atoms. The van der Waals surface area contributed by atoms with Crippen LogP contribution in [0.4, 0.5) is 32.0 Å². The molecule has 2 N–H and O–H groups in total. The second-order valence-electron chi connectivity index (χ2n) is 5.35.